The molecule has 1 amide bonds. The van der Waals surface area contributed by atoms with Crippen LogP contribution in [-0.4, -0.2) is 28.0 Å². The lowest BCUT2D eigenvalue weighted by Crippen LogP contribution is -2.40. The summed E-state index contributed by atoms with van der Waals surface area (Å²) in [6.45, 7) is 0. The first-order valence-electron chi connectivity index (χ1n) is 7.74. The van der Waals surface area contributed by atoms with E-state index in [1.54, 1.807) is 36.4 Å². The van der Waals surface area contributed by atoms with E-state index in [-0.39, 0.29) is 5.56 Å². The number of benzene rings is 2. The maximum atomic E-state index is 12.3. The van der Waals surface area contributed by atoms with Crippen LogP contribution in [0.1, 0.15) is 20.7 Å². The molecule has 0 saturated carbocycles. The minimum Gasteiger partial charge on any atom is -0.367 e. The number of aliphatic hydroxyl groups excluding tert-OH is 1. The van der Waals surface area contributed by atoms with Crippen LogP contribution in [0.3, 0.4) is 0 Å². The van der Waals surface area contributed by atoms with E-state index in [1.165, 1.54) is 12.4 Å². The summed E-state index contributed by atoms with van der Waals surface area (Å²) in [4.78, 5) is 28.1. The number of aromatic nitrogens is 1. The van der Waals surface area contributed by atoms with Crippen molar-refractivity contribution in [3.8, 4) is 11.1 Å². The van der Waals surface area contributed by atoms with Crippen LogP contribution in [-0.2, 0) is 0 Å². The number of pyridine rings is 1. The summed E-state index contributed by atoms with van der Waals surface area (Å²) >= 11 is 0. The summed E-state index contributed by atoms with van der Waals surface area (Å²) in [5, 5.41) is 12.3. The second-order valence-electron chi connectivity index (χ2n) is 5.43. The van der Waals surface area contributed by atoms with Gasteiger partial charge in [0.2, 0.25) is 5.78 Å². The van der Waals surface area contributed by atoms with Crippen LogP contribution in [0.5, 0.6) is 0 Å². The highest BCUT2D eigenvalue weighted by Gasteiger charge is 2.20. The fourth-order valence-electron chi connectivity index (χ4n) is 2.39. The van der Waals surface area contributed by atoms with Gasteiger partial charge in [0.1, 0.15) is 0 Å². The zero-order chi connectivity index (χ0) is 17.6. The molecule has 0 aliphatic rings. The molecule has 1 aromatic heterocycles. The highest BCUT2D eigenvalue weighted by atomic mass is 16.3. The summed E-state index contributed by atoms with van der Waals surface area (Å²) < 4.78 is 0. The highest BCUT2D eigenvalue weighted by molar-refractivity contribution is 6.03. The van der Waals surface area contributed by atoms with Crippen LogP contribution >= 0.6 is 0 Å². The van der Waals surface area contributed by atoms with E-state index in [0.717, 1.165) is 11.1 Å². The maximum Gasteiger partial charge on any atom is 0.255 e. The lowest BCUT2D eigenvalue weighted by molar-refractivity contribution is 0.0607. The molecule has 3 aromatic rings. The van der Waals surface area contributed by atoms with E-state index in [4.69, 9.17) is 0 Å². The van der Waals surface area contributed by atoms with Crippen LogP contribution in [0.25, 0.3) is 11.1 Å². The van der Waals surface area contributed by atoms with Gasteiger partial charge in [-0.15, -0.1) is 0 Å². The number of Topliss-reactive ketones (excluding diaryl/α,β-unsaturated/α-hetero) is 1. The second-order valence-corrected chi connectivity index (χ2v) is 5.43. The molecule has 3 rings (SSSR count). The summed E-state index contributed by atoms with van der Waals surface area (Å²) in [5.41, 5.74) is 2.59. The van der Waals surface area contributed by atoms with Crippen molar-refractivity contribution < 1.29 is 14.7 Å². The molecule has 0 radical (unpaired) electrons. The molecule has 5 heteroatoms. The molecular weight excluding hydrogens is 316 g/mol. The normalized spacial score (nSPS) is 11.6. The number of carbonyl (C=O) groups is 2. The Balaban J connectivity index is 1.69. The Kier molecular flexibility index (Phi) is 4.97. The van der Waals surface area contributed by atoms with Gasteiger partial charge >= 0.3 is 0 Å². The van der Waals surface area contributed by atoms with E-state index in [0.29, 0.717) is 5.56 Å². The number of aliphatic hydroxyl groups is 1. The third-order valence-corrected chi connectivity index (χ3v) is 3.72. The van der Waals surface area contributed by atoms with Gasteiger partial charge in [0.15, 0.2) is 6.23 Å². The fourth-order valence-corrected chi connectivity index (χ4v) is 2.39. The fraction of sp³-hybridized carbons (Fsp3) is 0.0500. The molecule has 2 aromatic carbocycles. The summed E-state index contributed by atoms with van der Waals surface area (Å²) in [7, 11) is 0. The smallest absolute Gasteiger partial charge is 0.255 e. The predicted octanol–water partition coefficient (Wildman–Crippen LogP) is 2.68. The molecule has 124 valence electrons. The van der Waals surface area contributed by atoms with Crippen molar-refractivity contribution in [3.05, 3.63) is 90.3 Å². The summed E-state index contributed by atoms with van der Waals surface area (Å²) in [6, 6.07) is 19.8. The number of carbonyl (C=O) groups excluding carboxylic acids is 2. The molecule has 0 saturated heterocycles. The van der Waals surface area contributed by atoms with Gasteiger partial charge in [0.25, 0.3) is 5.91 Å². The van der Waals surface area contributed by atoms with Crippen molar-refractivity contribution >= 4 is 11.7 Å². The molecule has 0 bridgehead atoms. The molecule has 0 aliphatic heterocycles. The van der Waals surface area contributed by atoms with Gasteiger partial charge in [-0.05, 0) is 23.3 Å². The van der Waals surface area contributed by atoms with Crippen LogP contribution in [0, 0.1) is 0 Å². The van der Waals surface area contributed by atoms with Gasteiger partial charge in [0, 0.05) is 18.0 Å². The Morgan fingerprint density at radius 1 is 0.840 bits per heavy atom. The monoisotopic (exact) mass is 332 g/mol. The maximum absolute atomic E-state index is 12.3. The Morgan fingerprint density at radius 2 is 1.52 bits per heavy atom. The van der Waals surface area contributed by atoms with Crippen LogP contribution < -0.4 is 5.32 Å². The van der Waals surface area contributed by atoms with Crippen molar-refractivity contribution in [1.29, 1.82) is 0 Å². The quantitative estimate of drug-likeness (QED) is 0.556. The van der Waals surface area contributed by atoms with E-state index < -0.39 is 17.9 Å². The highest BCUT2D eigenvalue weighted by Crippen LogP contribution is 2.19. The van der Waals surface area contributed by atoms with Crippen LogP contribution in [0.4, 0.5) is 0 Å². The zero-order valence-corrected chi connectivity index (χ0v) is 13.3. The Hall–Kier alpha value is -3.31. The minimum absolute atomic E-state index is 0.272. The Labute approximate surface area is 145 Å². The first kappa shape index (κ1) is 16.5. The number of nitrogens with one attached hydrogen (secondary N) is 1. The molecule has 0 fully saturated rings. The summed E-state index contributed by atoms with van der Waals surface area (Å²) in [6.07, 6.45) is 1.28. The van der Waals surface area contributed by atoms with Crippen molar-refractivity contribution in [2.24, 2.45) is 0 Å². The standard InChI is InChI=1S/C20H16N2O3/c23-18(20(25)22-19(24)17-7-4-12-21-13-17)16-10-8-15(9-11-16)14-5-2-1-3-6-14/h1-13,20,25H,(H,22,24)/t20-/m1/s1. The molecule has 1 heterocycles. The number of rotatable bonds is 5. The second kappa shape index (κ2) is 7.51. The topological polar surface area (TPSA) is 79.3 Å². The molecule has 0 spiro atoms. The third-order valence-electron chi connectivity index (χ3n) is 3.72. The van der Waals surface area contributed by atoms with Gasteiger partial charge in [-0.25, -0.2) is 0 Å². The molecule has 2 N–H and O–H groups in total. The van der Waals surface area contributed by atoms with Gasteiger partial charge in [0.05, 0.1) is 5.56 Å². The molecule has 0 aliphatic carbocycles. The first-order chi connectivity index (χ1) is 12.1. The number of nitrogens with zero attached hydrogens (tertiary/aromatic N) is 1. The largest absolute Gasteiger partial charge is 0.367 e. The SMILES string of the molecule is O=C(N[C@H](O)C(=O)c1ccc(-c2ccccc2)cc1)c1cccnc1. The minimum atomic E-state index is -1.62. The Morgan fingerprint density at radius 3 is 2.16 bits per heavy atom. The third kappa shape index (κ3) is 3.97. The van der Waals surface area contributed by atoms with Crippen LogP contribution in [0.15, 0.2) is 79.1 Å². The van der Waals surface area contributed by atoms with Gasteiger partial charge in [-0.3, -0.25) is 14.6 Å². The number of ketones is 1. The van der Waals surface area contributed by atoms with Crippen molar-refractivity contribution in [2.45, 2.75) is 6.23 Å². The lowest BCUT2D eigenvalue weighted by atomic mass is 10.0. The van der Waals surface area contributed by atoms with Crippen LogP contribution in [0.2, 0.25) is 0 Å². The molecule has 25 heavy (non-hydrogen) atoms. The van der Waals surface area contributed by atoms with E-state index in [1.807, 2.05) is 30.3 Å². The first-order valence-corrected chi connectivity index (χ1v) is 7.74. The van der Waals surface area contributed by atoms with Gasteiger partial charge in [-0.1, -0.05) is 54.6 Å². The zero-order valence-electron chi connectivity index (χ0n) is 13.3. The predicted molar refractivity (Wildman–Crippen MR) is 93.9 cm³/mol. The number of hydrogen-bond donors (Lipinski definition) is 2. The van der Waals surface area contributed by atoms with Crippen molar-refractivity contribution in [1.82, 2.24) is 10.3 Å². The van der Waals surface area contributed by atoms with E-state index >= 15 is 0 Å². The van der Waals surface area contributed by atoms with Gasteiger partial charge < -0.3 is 10.4 Å². The summed E-state index contributed by atoms with van der Waals surface area (Å²) in [5.74, 6) is -1.13. The number of hydrogen-bond acceptors (Lipinski definition) is 4. The van der Waals surface area contributed by atoms with Crippen molar-refractivity contribution in [2.75, 3.05) is 0 Å². The molecule has 1 atom stereocenters. The molecular formula is C20H16N2O3. The van der Waals surface area contributed by atoms with E-state index in [2.05, 4.69) is 10.3 Å². The lowest BCUT2D eigenvalue weighted by Gasteiger charge is -2.12. The number of amides is 1. The molecule has 5 nitrogen and oxygen atoms in total. The van der Waals surface area contributed by atoms with E-state index in [9.17, 15) is 14.7 Å². The average molecular weight is 332 g/mol. The average Bonchev–Trinajstić information content (AvgIpc) is 2.69. The van der Waals surface area contributed by atoms with Gasteiger partial charge in [-0.2, -0.15) is 0 Å². The van der Waals surface area contributed by atoms with Crippen molar-refractivity contribution in [3.63, 3.8) is 0 Å². The molecule has 0 unspecified atom stereocenters. The Bertz CT molecular complexity index is 862.